The van der Waals surface area contributed by atoms with Crippen LogP contribution in [0.25, 0.3) is 0 Å². The summed E-state index contributed by atoms with van der Waals surface area (Å²) in [5.41, 5.74) is 0. The van der Waals surface area contributed by atoms with Crippen LogP contribution in [0.1, 0.15) is 27.4 Å². The second-order valence-corrected chi connectivity index (χ2v) is 7.50. The van der Waals surface area contributed by atoms with E-state index in [1.807, 2.05) is 17.0 Å². The van der Waals surface area contributed by atoms with Crippen LogP contribution in [0.4, 0.5) is 0 Å². The molecule has 2 fully saturated rings. The predicted octanol–water partition coefficient (Wildman–Crippen LogP) is 1.81. The normalized spacial score (nSPS) is 24.2. The van der Waals surface area contributed by atoms with E-state index < -0.39 is 0 Å². The molecule has 1 amide bonds. The number of nitrogens with zero attached hydrogens (tertiary/aromatic N) is 2. The Hall–Kier alpha value is -0.910. The Morgan fingerprint density at radius 2 is 2.14 bits per heavy atom. The molecule has 0 aliphatic carbocycles. The van der Waals surface area contributed by atoms with Crippen LogP contribution in [0, 0.1) is 12.8 Å². The van der Waals surface area contributed by atoms with Crippen molar-refractivity contribution < 1.29 is 4.79 Å². The molecule has 1 atom stereocenters. The fourth-order valence-electron chi connectivity index (χ4n) is 3.28. The highest BCUT2D eigenvalue weighted by Gasteiger charge is 2.25. The van der Waals surface area contributed by atoms with Crippen LogP contribution in [-0.4, -0.2) is 61.5 Å². The van der Waals surface area contributed by atoms with E-state index in [0.717, 1.165) is 43.5 Å². The third-order valence-electron chi connectivity index (χ3n) is 4.53. The third kappa shape index (κ3) is 3.84. The maximum atomic E-state index is 12.4. The summed E-state index contributed by atoms with van der Waals surface area (Å²) in [6.07, 6.45) is 2.65. The van der Waals surface area contributed by atoms with Crippen molar-refractivity contribution >= 4 is 17.2 Å². The smallest absolute Gasteiger partial charge is 0.264 e. The number of hydrogen-bond donors (Lipinski definition) is 1. The van der Waals surface area contributed by atoms with Crippen LogP contribution in [0.2, 0.25) is 0 Å². The average molecular weight is 307 g/mol. The first-order valence-corrected chi connectivity index (χ1v) is 8.83. The Morgan fingerprint density at radius 1 is 1.33 bits per heavy atom. The van der Waals surface area contributed by atoms with Crippen molar-refractivity contribution in [3.05, 3.63) is 21.9 Å². The SMILES string of the molecule is Cc1ccc(C(=O)N2CCN(CC3CCCNC3)CC2)s1. The first-order valence-electron chi connectivity index (χ1n) is 8.01. The summed E-state index contributed by atoms with van der Waals surface area (Å²) >= 11 is 1.61. The molecule has 21 heavy (non-hydrogen) atoms. The van der Waals surface area contributed by atoms with Crippen LogP contribution >= 0.6 is 11.3 Å². The summed E-state index contributed by atoms with van der Waals surface area (Å²) in [4.78, 5) is 19.1. The molecular formula is C16H25N3OS. The lowest BCUT2D eigenvalue weighted by atomic mass is 9.99. The summed E-state index contributed by atoms with van der Waals surface area (Å²) in [7, 11) is 0. The van der Waals surface area contributed by atoms with Gasteiger partial charge in [0.25, 0.3) is 5.91 Å². The van der Waals surface area contributed by atoms with Gasteiger partial charge in [-0.1, -0.05) is 0 Å². The Morgan fingerprint density at radius 3 is 2.76 bits per heavy atom. The summed E-state index contributed by atoms with van der Waals surface area (Å²) < 4.78 is 0. The van der Waals surface area contributed by atoms with Crippen LogP contribution in [0.3, 0.4) is 0 Å². The highest BCUT2D eigenvalue weighted by atomic mass is 32.1. The van der Waals surface area contributed by atoms with Gasteiger partial charge in [-0.15, -0.1) is 11.3 Å². The molecular weight excluding hydrogens is 282 g/mol. The molecule has 116 valence electrons. The number of carbonyl (C=O) groups excluding carboxylic acids is 1. The summed E-state index contributed by atoms with van der Waals surface area (Å²) in [5.74, 6) is 1.01. The number of nitrogens with one attached hydrogen (secondary N) is 1. The van der Waals surface area contributed by atoms with Gasteiger partial charge in [-0.3, -0.25) is 9.69 Å². The molecule has 3 rings (SSSR count). The van der Waals surface area contributed by atoms with Crippen LogP contribution in [0.15, 0.2) is 12.1 Å². The minimum atomic E-state index is 0.215. The first-order chi connectivity index (χ1) is 10.2. The fourth-order valence-corrected chi connectivity index (χ4v) is 4.12. The minimum Gasteiger partial charge on any atom is -0.335 e. The molecule has 5 heteroatoms. The van der Waals surface area contributed by atoms with Gasteiger partial charge in [0.15, 0.2) is 0 Å². The molecule has 4 nitrogen and oxygen atoms in total. The second-order valence-electron chi connectivity index (χ2n) is 6.22. The molecule has 1 aromatic rings. The van der Waals surface area contributed by atoms with E-state index in [-0.39, 0.29) is 5.91 Å². The number of rotatable bonds is 3. The molecule has 1 aromatic heterocycles. The predicted molar refractivity (Wildman–Crippen MR) is 87.0 cm³/mol. The Balaban J connectivity index is 1.47. The third-order valence-corrected chi connectivity index (χ3v) is 5.51. The Labute approximate surface area is 131 Å². The van der Waals surface area contributed by atoms with E-state index in [4.69, 9.17) is 0 Å². The van der Waals surface area contributed by atoms with Crippen molar-refractivity contribution in [2.24, 2.45) is 5.92 Å². The molecule has 1 N–H and O–H groups in total. The number of thiophene rings is 1. The highest BCUT2D eigenvalue weighted by molar-refractivity contribution is 7.13. The lowest BCUT2D eigenvalue weighted by Gasteiger charge is -2.37. The van der Waals surface area contributed by atoms with Gasteiger partial charge in [0.05, 0.1) is 4.88 Å². The van der Waals surface area contributed by atoms with Crippen molar-refractivity contribution in [1.29, 1.82) is 0 Å². The van der Waals surface area contributed by atoms with Gasteiger partial charge in [0.1, 0.15) is 0 Å². The van der Waals surface area contributed by atoms with Crippen molar-refractivity contribution in [2.45, 2.75) is 19.8 Å². The molecule has 2 aliphatic rings. The molecule has 0 saturated carbocycles. The molecule has 0 aromatic carbocycles. The zero-order chi connectivity index (χ0) is 14.7. The standard InChI is InChI=1S/C16H25N3OS/c1-13-4-5-15(21-13)16(20)19-9-7-18(8-10-19)12-14-3-2-6-17-11-14/h4-5,14,17H,2-3,6-12H2,1H3. The molecule has 3 heterocycles. The number of hydrogen-bond acceptors (Lipinski definition) is 4. The van der Waals surface area contributed by atoms with Crippen LogP contribution in [-0.2, 0) is 0 Å². The van der Waals surface area contributed by atoms with Gasteiger partial charge in [-0.25, -0.2) is 0 Å². The van der Waals surface area contributed by atoms with E-state index in [2.05, 4.69) is 17.1 Å². The average Bonchev–Trinajstić information content (AvgIpc) is 2.95. The number of piperidine rings is 1. The molecule has 2 saturated heterocycles. The van der Waals surface area contributed by atoms with Crippen molar-refractivity contribution in [3.63, 3.8) is 0 Å². The summed E-state index contributed by atoms with van der Waals surface area (Å²) in [6, 6.07) is 3.99. The fraction of sp³-hybridized carbons (Fsp3) is 0.688. The van der Waals surface area contributed by atoms with Gasteiger partial charge in [0, 0.05) is 37.6 Å². The van der Waals surface area contributed by atoms with Gasteiger partial charge in [-0.05, 0) is 50.9 Å². The summed E-state index contributed by atoms with van der Waals surface area (Å²) in [5, 5.41) is 3.49. The number of amides is 1. The number of piperazine rings is 1. The Bertz CT molecular complexity index is 474. The highest BCUT2D eigenvalue weighted by Crippen LogP contribution is 2.19. The van der Waals surface area contributed by atoms with E-state index in [9.17, 15) is 4.79 Å². The lowest BCUT2D eigenvalue weighted by Crippen LogP contribution is -2.50. The monoisotopic (exact) mass is 307 g/mol. The molecule has 0 bridgehead atoms. The van der Waals surface area contributed by atoms with Gasteiger partial charge < -0.3 is 10.2 Å². The zero-order valence-electron chi connectivity index (χ0n) is 12.8. The number of aryl methyl sites for hydroxylation is 1. The maximum absolute atomic E-state index is 12.4. The van der Waals surface area contributed by atoms with Crippen molar-refractivity contribution in [2.75, 3.05) is 45.8 Å². The van der Waals surface area contributed by atoms with Crippen molar-refractivity contribution in [3.8, 4) is 0 Å². The second kappa shape index (κ2) is 6.90. The topological polar surface area (TPSA) is 35.6 Å². The van der Waals surface area contributed by atoms with Crippen molar-refractivity contribution in [1.82, 2.24) is 15.1 Å². The number of carbonyl (C=O) groups is 1. The lowest BCUT2D eigenvalue weighted by molar-refractivity contribution is 0.0614. The Kier molecular flexibility index (Phi) is 4.93. The molecule has 0 spiro atoms. The molecule has 2 aliphatic heterocycles. The van der Waals surface area contributed by atoms with E-state index in [1.165, 1.54) is 30.8 Å². The first kappa shape index (κ1) is 15.0. The largest absolute Gasteiger partial charge is 0.335 e. The van der Waals surface area contributed by atoms with Crippen LogP contribution < -0.4 is 5.32 Å². The summed E-state index contributed by atoms with van der Waals surface area (Å²) in [6.45, 7) is 9.36. The van der Waals surface area contributed by atoms with Gasteiger partial charge in [-0.2, -0.15) is 0 Å². The van der Waals surface area contributed by atoms with E-state index >= 15 is 0 Å². The van der Waals surface area contributed by atoms with Gasteiger partial charge in [0.2, 0.25) is 0 Å². The molecule has 1 unspecified atom stereocenters. The van der Waals surface area contributed by atoms with E-state index in [0.29, 0.717) is 0 Å². The van der Waals surface area contributed by atoms with Crippen LogP contribution in [0.5, 0.6) is 0 Å². The zero-order valence-corrected chi connectivity index (χ0v) is 13.6. The minimum absolute atomic E-state index is 0.215. The maximum Gasteiger partial charge on any atom is 0.264 e. The van der Waals surface area contributed by atoms with Gasteiger partial charge >= 0.3 is 0 Å². The molecule has 0 radical (unpaired) electrons. The van der Waals surface area contributed by atoms with E-state index in [1.54, 1.807) is 11.3 Å². The quantitative estimate of drug-likeness (QED) is 0.925.